The van der Waals surface area contributed by atoms with Gasteiger partial charge in [0.25, 0.3) is 0 Å². The second-order valence-corrected chi connectivity index (χ2v) is 7.51. The lowest BCUT2D eigenvalue weighted by Crippen LogP contribution is -1.99. The third-order valence-electron chi connectivity index (χ3n) is 5.17. The van der Waals surface area contributed by atoms with Crippen molar-refractivity contribution in [3.63, 3.8) is 0 Å². The van der Waals surface area contributed by atoms with E-state index >= 15 is 0 Å². The highest BCUT2D eigenvalue weighted by Gasteiger charge is 2.09. The molecule has 2 heteroatoms. The monoisotopic (exact) mass is 340 g/mol. The van der Waals surface area contributed by atoms with Crippen molar-refractivity contribution in [3.05, 3.63) is 83.7 Å². The molecule has 2 nitrogen and oxygen atoms in total. The van der Waals surface area contributed by atoms with Crippen LogP contribution in [-0.4, -0.2) is 9.97 Å². The number of fused-ring (bicyclic) bond motifs is 2. The van der Waals surface area contributed by atoms with E-state index in [1.54, 1.807) is 0 Å². The molecular weight excluding hydrogens is 316 g/mol. The third kappa shape index (κ3) is 3.32. The van der Waals surface area contributed by atoms with E-state index in [9.17, 15) is 0 Å². The van der Waals surface area contributed by atoms with Gasteiger partial charge in [-0.25, -0.2) is 0 Å². The van der Waals surface area contributed by atoms with Gasteiger partial charge in [-0.15, -0.1) is 0 Å². The lowest BCUT2D eigenvalue weighted by Gasteiger charge is -2.13. The lowest BCUT2D eigenvalue weighted by molar-refractivity contribution is 0.758. The van der Waals surface area contributed by atoms with Crippen LogP contribution < -0.4 is 0 Å². The molecule has 0 saturated carbocycles. The molecule has 1 unspecified atom stereocenters. The molecule has 0 saturated heterocycles. The van der Waals surface area contributed by atoms with Gasteiger partial charge in [-0.2, -0.15) is 0 Å². The fourth-order valence-electron chi connectivity index (χ4n) is 3.53. The first-order chi connectivity index (χ1) is 12.6. The lowest BCUT2D eigenvalue weighted by atomic mass is 9.92. The Morgan fingerprint density at radius 1 is 0.769 bits per heavy atom. The zero-order valence-corrected chi connectivity index (χ0v) is 15.6. The number of rotatable bonds is 4. The van der Waals surface area contributed by atoms with Crippen LogP contribution in [0.25, 0.3) is 21.8 Å². The van der Waals surface area contributed by atoms with E-state index in [1.165, 1.54) is 27.5 Å². The van der Waals surface area contributed by atoms with Crippen molar-refractivity contribution in [2.75, 3.05) is 0 Å². The van der Waals surface area contributed by atoms with Gasteiger partial charge in [-0.3, -0.25) is 9.97 Å². The molecule has 26 heavy (non-hydrogen) atoms. The number of hydrogen-bond acceptors (Lipinski definition) is 2. The molecule has 0 spiro atoms. The summed E-state index contributed by atoms with van der Waals surface area (Å²) in [7, 11) is 0. The molecule has 0 radical (unpaired) electrons. The topological polar surface area (TPSA) is 25.8 Å². The molecule has 0 amide bonds. The van der Waals surface area contributed by atoms with Gasteiger partial charge in [0.1, 0.15) is 0 Å². The summed E-state index contributed by atoms with van der Waals surface area (Å²) in [6, 6.07) is 19.6. The summed E-state index contributed by atoms with van der Waals surface area (Å²) >= 11 is 0. The maximum absolute atomic E-state index is 4.71. The molecule has 0 aliphatic rings. The molecule has 4 rings (SSSR count). The van der Waals surface area contributed by atoms with Crippen LogP contribution in [0, 0.1) is 0 Å². The maximum atomic E-state index is 4.71. The van der Waals surface area contributed by atoms with E-state index in [4.69, 9.17) is 4.98 Å². The summed E-state index contributed by atoms with van der Waals surface area (Å²) in [5, 5.41) is 2.43. The van der Waals surface area contributed by atoms with Crippen molar-refractivity contribution >= 4 is 21.8 Å². The van der Waals surface area contributed by atoms with Gasteiger partial charge in [0, 0.05) is 23.2 Å². The second kappa shape index (κ2) is 6.87. The predicted octanol–water partition coefficient (Wildman–Crippen LogP) is 6.25. The molecule has 1 atom stereocenters. The van der Waals surface area contributed by atoms with Crippen LogP contribution in [0.4, 0.5) is 0 Å². The Balaban J connectivity index is 1.59. The summed E-state index contributed by atoms with van der Waals surface area (Å²) < 4.78 is 0. The Morgan fingerprint density at radius 2 is 1.58 bits per heavy atom. The fourth-order valence-corrected chi connectivity index (χ4v) is 3.53. The maximum Gasteiger partial charge on any atom is 0.0705 e. The minimum atomic E-state index is 0.439. The van der Waals surface area contributed by atoms with Crippen molar-refractivity contribution in [1.82, 2.24) is 9.97 Å². The first-order valence-corrected chi connectivity index (χ1v) is 9.33. The van der Waals surface area contributed by atoms with Crippen LogP contribution in [0.5, 0.6) is 0 Å². The Bertz CT molecular complexity index is 1070. The summed E-state index contributed by atoms with van der Waals surface area (Å²) in [5.41, 5.74) is 6.12. The largest absolute Gasteiger partial charge is 0.256 e. The smallest absolute Gasteiger partial charge is 0.0705 e. The summed E-state index contributed by atoms with van der Waals surface area (Å²) in [4.78, 5) is 9.12. The summed E-state index contributed by atoms with van der Waals surface area (Å²) in [6.07, 6.45) is 4.86. The average Bonchev–Trinajstić information content (AvgIpc) is 2.67. The van der Waals surface area contributed by atoms with Crippen LogP contribution >= 0.6 is 0 Å². The van der Waals surface area contributed by atoms with Crippen LogP contribution in [0.2, 0.25) is 0 Å². The van der Waals surface area contributed by atoms with Crippen molar-refractivity contribution in [2.24, 2.45) is 0 Å². The number of nitrogens with zero attached hydrogens (tertiary/aromatic N) is 2. The second-order valence-electron chi connectivity index (χ2n) is 7.51. The Labute approximate surface area is 154 Å². The summed E-state index contributed by atoms with van der Waals surface area (Å²) in [5.74, 6) is 0.970. The Hall–Kier alpha value is -2.74. The van der Waals surface area contributed by atoms with Crippen molar-refractivity contribution in [1.29, 1.82) is 0 Å². The van der Waals surface area contributed by atoms with Crippen LogP contribution in [0.15, 0.2) is 67.0 Å². The predicted molar refractivity (Wildman–Crippen MR) is 110 cm³/mol. The van der Waals surface area contributed by atoms with Gasteiger partial charge in [0.2, 0.25) is 0 Å². The fraction of sp³-hybridized carbons (Fsp3) is 0.250. The molecule has 2 aromatic heterocycles. The highest BCUT2D eigenvalue weighted by molar-refractivity contribution is 5.80. The van der Waals surface area contributed by atoms with E-state index < -0.39 is 0 Å². The highest BCUT2D eigenvalue weighted by Crippen LogP contribution is 2.26. The molecule has 2 heterocycles. The molecule has 0 fully saturated rings. The van der Waals surface area contributed by atoms with Crippen LogP contribution in [0.3, 0.4) is 0 Å². The molecule has 130 valence electrons. The van der Waals surface area contributed by atoms with Crippen LogP contribution in [0.1, 0.15) is 49.3 Å². The quantitative estimate of drug-likeness (QED) is 0.438. The van der Waals surface area contributed by atoms with Gasteiger partial charge in [0.05, 0.1) is 11.0 Å². The minimum Gasteiger partial charge on any atom is -0.256 e. The summed E-state index contributed by atoms with van der Waals surface area (Å²) in [6.45, 7) is 6.72. The first-order valence-electron chi connectivity index (χ1n) is 9.33. The Kier molecular flexibility index (Phi) is 4.42. The first kappa shape index (κ1) is 16.7. The van der Waals surface area contributed by atoms with Gasteiger partial charge < -0.3 is 0 Å². The normalized spacial score (nSPS) is 12.8. The molecule has 0 N–H and O–H groups in total. The van der Waals surface area contributed by atoms with E-state index in [0.717, 1.165) is 17.5 Å². The zero-order chi connectivity index (χ0) is 18.1. The van der Waals surface area contributed by atoms with E-state index in [2.05, 4.69) is 74.3 Å². The van der Waals surface area contributed by atoms with Crippen molar-refractivity contribution < 1.29 is 0 Å². The molecule has 2 aromatic carbocycles. The van der Waals surface area contributed by atoms with E-state index in [1.807, 2.05) is 18.5 Å². The number of pyridine rings is 2. The molecular formula is C24H24N2. The molecule has 4 aromatic rings. The number of benzene rings is 2. The van der Waals surface area contributed by atoms with Crippen molar-refractivity contribution in [2.45, 2.75) is 39.0 Å². The standard InChI is InChI=1S/C24H24N2/c1-16(2)19-6-7-22-12-18(15-26-24(22)14-19)11-17(3)20-8-9-23-21(13-20)5-4-10-25-23/h4-10,12-17H,11H2,1-3H3. The molecule has 0 bridgehead atoms. The average molecular weight is 340 g/mol. The minimum absolute atomic E-state index is 0.439. The van der Waals surface area contributed by atoms with E-state index in [-0.39, 0.29) is 0 Å². The van der Waals surface area contributed by atoms with Gasteiger partial charge in [-0.05, 0) is 65.3 Å². The van der Waals surface area contributed by atoms with Gasteiger partial charge in [0.15, 0.2) is 0 Å². The van der Waals surface area contributed by atoms with Crippen molar-refractivity contribution in [3.8, 4) is 0 Å². The highest BCUT2D eigenvalue weighted by atomic mass is 14.7. The SMILES string of the molecule is CC(C)c1ccc2cc(CC(C)c3ccc4ncccc4c3)cnc2c1. The molecule has 0 aliphatic carbocycles. The third-order valence-corrected chi connectivity index (χ3v) is 5.17. The van der Waals surface area contributed by atoms with Gasteiger partial charge in [-0.1, -0.05) is 45.0 Å². The zero-order valence-electron chi connectivity index (χ0n) is 15.6. The molecule has 0 aliphatic heterocycles. The van der Waals surface area contributed by atoms with Crippen LogP contribution in [-0.2, 0) is 6.42 Å². The van der Waals surface area contributed by atoms with Gasteiger partial charge >= 0.3 is 0 Å². The number of aromatic nitrogens is 2. The van der Waals surface area contributed by atoms with E-state index in [0.29, 0.717) is 11.8 Å². The Morgan fingerprint density at radius 3 is 2.42 bits per heavy atom. The number of hydrogen-bond donors (Lipinski definition) is 0.